The van der Waals surface area contributed by atoms with Crippen LogP contribution in [0.15, 0.2) is 11.1 Å². The third-order valence-electron chi connectivity index (χ3n) is 4.83. The smallest absolute Gasteiger partial charge is 0.262 e. The molecule has 0 spiro atoms. The Balaban J connectivity index is 1.70. The summed E-state index contributed by atoms with van der Waals surface area (Å²) in [4.78, 5) is 44.9. The zero-order valence-electron chi connectivity index (χ0n) is 16.8. The van der Waals surface area contributed by atoms with Crippen LogP contribution in [0.5, 0.6) is 0 Å². The van der Waals surface area contributed by atoms with Crippen LogP contribution in [0.3, 0.4) is 0 Å². The van der Waals surface area contributed by atoms with E-state index >= 15 is 0 Å². The van der Waals surface area contributed by atoms with E-state index in [1.807, 2.05) is 6.92 Å². The summed E-state index contributed by atoms with van der Waals surface area (Å²) in [6.07, 6.45) is 2.19. The first-order valence-electron chi connectivity index (χ1n) is 9.84. The fourth-order valence-corrected chi connectivity index (χ4v) is 4.25. The van der Waals surface area contributed by atoms with Gasteiger partial charge in [-0.05, 0) is 18.9 Å². The molecule has 10 heteroatoms. The summed E-state index contributed by atoms with van der Waals surface area (Å²) in [5.41, 5.74) is 0.303. The molecule has 1 aliphatic rings. The first-order valence-corrected chi connectivity index (χ1v) is 10.7. The molecule has 0 aliphatic carbocycles. The predicted molar refractivity (Wildman–Crippen MR) is 112 cm³/mol. The lowest BCUT2D eigenvalue weighted by Crippen LogP contribution is -2.41. The van der Waals surface area contributed by atoms with Gasteiger partial charge in [0.05, 0.1) is 29.8 Å². The zero-order chi connectivity index (χ0) is 20.8. The summed E-state index contributed by atoms with van der Waals surface area (Å²) >= 11 is 1.20. The van der Waals surface area contributed by atoms with Gasteiger partial charge in [-0.25, -0.2) is 4.98 Å². The van der Waals surface area contributed by atoms with Crippen LogP contribution in [-0.4, -0.2) is 72.2 Å². The molecule has 2 aromatic rings. The molecule has 2 N–H and O–H groups in total. The van der Waals surface area contributed by atoms with Crippen LogP contribution in [0.2, 0.25) is 0 Å². The maximum absolute atomic E-state index is 12.8. The lowest BCUT2D eigenvalue weighted by molar-refractivity contribution is -0.121. The summed E-state index contributed by atoms with van der Waals surface area (Å²) in [6.45, 7) is 8.66. The van der Waals surface area contributed by atoms with E-state index in [1.165, 1.54) is 22.2 Å². The fourth-order valence-electron chi connectivity index (χ4n) is 3.20. The van der Waals surface area contributed by atoms with Crippen molar-refractivity contribution in [3.8, 4) is 0 Å². The first kappa shape index (κ1) is 21.4. The summed E-state index contributed by atoms with van der Waals surface area (Å²) in [6, 6.07) is 0. The number of hydrogen-bond donors (Lipinski definition) is 2. The molecule has 0 atom stereocenters. The largest absolute Gasteiger partial charge is 0.379 e. The number of amides is 2. The van der Waals surface area contributed by atoms with Gasteiger partial charge in [0.15, 0.2) is 0 Å². The van der Waals surface area contributed by atoms with Crippen molar-refractivity contribution in [1.82, 2.24) is 25.1 Å². The Hall–Kier alpha value is -2.30. The second kappa shape index (κ2) is 9.95. The van der Waals surface area contributed by atoms with Crippen LogP contribution in [0, 0.1) is 6.92 Å². The van der Waals surface area contributed by atoms with Gasteiger partial charge in [0.2, 0.25) is 5.91 Å². The number of hydrogen-bond acceptors (Lipinski definition) is 7. The monoisotopic (exact) mass is 421 g/mol. The van der Waals surface area contributed by atoms with Gasteiger partial charge in [0.1, 0.15) is 11.4 Å². The highest BCUT2D eigenvalue weighted by molar-refractivity contribution is 7.20. The molecule has 1 fully saturated rings. The van der Waals surface area contributed by atoms with Crippen molar-refractivity contribution in [3.05, 3.63) is 27.1 Å². The Bertz CT molecular complexity index is 933. The number of thiophene rings is 1. The molecule has 1 saturated heterocycles. The number of rotatable bonds is 8. The van der Waals surface area contributed by atoms with Crippen molar-refractivity contribution in [2.45, 2.75) is 26.8 Å². The summed E-state index contributed by atoms with van der Waals surface area (Å²) in [7, 11) is 0. The molecule has 0 unspecified atom stereocenters. The van der Waals surface area contributed by atoms with Crippen molar-refractivity contribution in [1.29, 1.82) is 0 Å². The third-order valence-corrected chi connectivity index (χ3v) is 6.03. The Morgan fingerprint density at radius 1 is 1.24 bits per heavy atom. The van der Waals surface area contributed by atoms with Crippen LogP contribution in [-0.2, 0) is 16.1 Å². The molecule has 0 aromatic carbocycles. The van der Waals surface area contributed by atoms with Gasteiger partial charge in [0, 0.05) is 32.7 Å². The molecule has 0 bridgehead atoms. The maximum atomic E-state index is 12.8. The molecule has 2 aromatic heterocycles. The number of fused-ring (bicyclic) bond motifs is 1. The minimum absolute atomic E-state index is 0.0852. The minimum Gasteiger partial charge on any atom is -0.379 e. The molecule has 3 heterocycles. The first-order chi connectivity index (χ1) is 14.0. The molecule has 158 valence electrons. The average molecular weight is 422 g/mol. The van der Waals surface area contributed by atoms with Crippen LogP contribution in [0.1, 0.15) is 28.6 Å². The van der Waals surface area contributed by atoms with Crippen LogP contribution in [0.4, 0.5) is 0 Å². The van der Waals surface area contributed by atoms with E-state index in [4.69, 9.17) is 4.74 Å². The molecule has 3 rings (SSSR count). The summed E-state index contributed by atoms with van der Waals surface area (Å²) in [5, 5.41) is 6.07. The minimum atomic E-state index is -0.303. The molecule has 9 nitrogen and oxygen atoms in total. The van der Waals surface area contributed by atoms with E-state index in [0.717, 1.165) is 39.3 Å². The van der Waals surface area contributed by atoms with Gasteiger partial charge < -0.3 is 15.4 Å². The van der Waals surface area contributed by atoms with Gasteiger partial charge in [-0.3, -0.25) is 23.9 Å². The number of aromatic nitrogens is 2. The Labute approximate surface area is 173 Å². The van der Waals surface area contributed by atoms with Gasteiger partial charge in [-0.1, -0.05) is 6.92 Å². The van der Waals surface area contributed by atoms with E-state index < -0.39 is 0 Å². The van der Waals surface area contributed by atoms with E-state index in [-0.39, 0.29) is 23.9 Å². The highest BCUT2D eigenvalue weighted by Crippen LogP contribution is 2.26. The number of aryl methyl sites for hydroxylation is 1. The second-order valence-electron chi connectivity index (χ2n) is 6.97. The predicted octanol–water partition coefficient (Wildman–Crippen LogP) is 0.355. The van der Waals surface area contributed by atoms with E-state index in [0.29, 0.717) is 33.7 Å². The number of carbonyl (C=O) groups excluding carboxylic acids is 2. The molecule has 0 radical (unpaired) electrons. The number of carbonyl (C=O) groups is 2. The highest BCUT2D eigenvalue weighted by atomic mass is 32.1. The van der Waals surface area contributed by atoms with Gasteiger partial charge in [-0.15, -0.1) is 11.3 Å². The number of morpholine rings is 1. The Morgan fingerprint density at radius 2 is 2.00 bits per heavy atom. The van der Waals surface area contributed by atoms with E-state index in [9.17, 15) is 14.4 Å². The van der Waals surface area contributed by atoms with E-state index in [1.54, 1.807) is 6.92 Å². The molecule has 29 heavy (non-hydrogen) atoms. The zero-order valence-corrected chi connectivity index (χ0v) is 17.6. The summed E-state index contributed by atoms with van der Waals surface area (Å²) < 4.78 is 6.60. The van der Waals surface area contributed by atoms with Crippen molar-refractivity contribution >= 4 is 33.4 Å². The van der Waals surface area contributed by atoms with Crippen molar-refractivity contribution in [2.75, 3.05) is 45.9 Å². The number of ether oxygens (including phenoxy) is 1. The van der Waals surface area contributed by atoms with Crippen LogP contribution >= 0.6 is 11.3 Å². The standard InChI is InChI=1S/C19H27N5O4S/c1-3-4-20-14(25)11-24-12-22-18-15(19(24)27)13(2)16(29-18)17(26)21-5-6-23-7-9-28-10-8-23/h12H,3-11H2,1-2H3,(H,20,25)(H,21,26). The highest BCUT2D eigenvalue weighted by Gasteiger charge is 2.20. The van der Waals surface area contributed by atoms with Gasteiger partial charge in [0.25, 0.3) is 11.5 Å². The number of nitrogens with one attached hydrogen (secondary N) is 2. The lowest BCUT2D eigenvalue weighted by atomic mass is 10.2. The average Bonchev–Trinajstić information content (AvgIpc) is 3.06. The van der Waals surface area contributed by atoms with E-state index in [2.05, 4.69) is 20.5 Å². The van der Waals surface area contributed by atoms with Crippen molar-refractivity contribution in [2.24, 2.45) is 0 Å². The maximum Gasteiger partial charge on any atom is 0.262 e. The van der Waals surface area contributed by atoms with Gasteiger partial charge in [-0.2, -0.15) is 0 Å². The van der Waals surface area contributed by atoms with Gasteiger partial charge >= 0.3 is 0 Å². The van der Waals surface area contributed by atoms with Crippen LogP contribution < -0.4 is 16.2 Å². The Kier molecular flexibility index (Phi) is 7.34. The second-order valence-corrected chi connectivity index (χ2v) is 7.97. The third kappa shape index (κ3) is 5.20. The molecule has 1 aliphatic heterocycles. The molecule has 2 amide bonds. The summed E-state index contributed by atoms with van der Waals surface area (Å²) in [5.74, 6) is -0.436. The topological polar surface area (TPSA) is 106 Å². The molecule has 0 saturated carbocycles. The van der Waals surface area contributed by atoms with Crippen LogP contribution in [0.25, 0.3) is 10.2 Å². The quantitative estimate of drug-likeness (QED) is 0.637. The van der Waals surface area contributed by atoms with Crippen molar-refractivity contribution in [3.63, 3.8) is 0 Å². The number of nitrogens with zero attached hydrogens (tertiary/aromatic N) is 3. The Morgan fingerprint density at radius 3 is 2.72 bits per heavy atom. The lowest BCUT2D eigenvalue weighted by Gasteiger charge is -2.26. The van der Waals surface area contributed by atoms with Crippen molar-refractivity contribution < 1.29 is 14.3 Å². The fraction of sp³-hybridized carbons (Fsp3) is 0.579. The molecular formula is C19H27N5O4S. The normalized spacial score (nSPS) is 14.8. The molecular weight excluding hydrogens is 394 g/mol. The SMILES string of the molecule is CCCNC(=O)Cn1cnc2sc(C(=O)NCCN3CCOCC3)c(C)c2c1=O.